The molecule has 13 heteroatoms. The van der Waals surface area contributed by atoms with Crippen LogP contribution in [0.3, 0.4) is 0 Å². The largest absolute Gasteiger partial charge is 0.493 e. The summed E-state index contributed by atoms with van der Waals surface area (Å²) in [6, 6.07) is 2.45. The van der Waals surface area contributed by atoms with Crippen LogP contribution in [-0.2, 0) is 24.7 Å². The van der Waals surface area contributed by atoms with Gasteiger partial charge in [0.05, 0.1) is 12.2 Å². The van der Waals surface area contributed by atoms with Crippen molar-refractivity contribution in [2.24, 2.45) is 7.05 Å². The fourth-order valence-corrected chi connectivity index (χ4v) is 5.08. The Bertz CT molecular complexity index is 1630. The number of amides is 1. The summed E-state index contributed by atoms with van der Waals surface area (Å²) in [5.74, 6) is -5.38. The number of benzene rings is 2. The maximum absolute atomic E-state index is 14.7. The number of nitrogens with zero attached hydrogens (tertiary/aromatic N) is 1. The molecule has 0 aliphatic carbocycles. The van der Waals surface area contributed by atoms with Gasteiger partial charge in [0.1, 0.15) is 35.0 Å². The third-order valence-corrected chi connectivity index (χ3v) is 7.48. The second-order valence-electron chi connectivity index (χ2n) is 10.5. The lowest BCUT2D eigenvalue weighted by atomic mass is 9.89. The molecule has 1 aromatic heterocycles. The molecule has 0 saturated heterocycles. The second kappa shape index (κ2) is 12.1. The zero-order valence-corrected chi connectivity index (χ0v) is 23.8. The summed E-state index contributed by atoms with van der Waals surface area (Å²) in [5.41, 5.74) is 1.73. The van der Waals surface area contributed by atoms with Crippen molar-refractivity contribution in [3.63, 3.8) is 0 Å². The van der Waals surface area contributed by atoms with Crippen molar-refractivity contribution in [1.29, 1.82) is 0 Å². The van der Waals surface area contributed by atoms with Gasteiger partial charge in [-0.1, -0.05) is 12.1 Å². The topological polar surface area (TPSA) is 110 Å². The Morgan fingerprint density at radius 3 is 2.37 bits per heavy atom. The van der Waals surface area contributed by atoms with Crippen molar-refractivity contribution in [2.75, 3.05) is 11.9 Å². The highest BCUT2D eigenvalue weighted by Crippen LogP contribution is 2.39. The van der Waals surface area contributed by atoms with E-state index >= 15 is 0 Å². The normalized spacial score (nSPS) is 14.3. The quantitative estimate of drug-likeness (QED) is 0.309. The summed E-state index contributed by atoms with van der Waals surface area (Å²) >= 11 is 0. The minimum atomic E-state index is -4.69. The Balaban J connectivity index is 1.64. The summed E-state index contributed by atoms with van der Waals surface area (Å²) < 4.78 is 75.4. The van der Waals surface area contributed by atoms with Crippen LogP contribution >= 0.6 is 0 Å². The van der Waals surface area contributed by atoms with Gasteiger partial charge in [-0.2, -0.15) is 13.2 Å². The highest BCUT2D eigenvalue weighted by atomic mass is 19.4. The number of carbonyl (C=O) groups is 2. The predicted octanol–water partition coefficient (Wildman–Crippen LogP) is 5.06. The summed E-state index contributed by atoms with van der Waals surface area (Å²) in [4.78, 5) is 38.1. The van der Waals surface area contributed by atoms with E-state index in [9.17, 15) is 41.4 Å². The van der Waals surface area contributed by atoms with E-state index in [4.69, 9.17) is 4.74 Å². The number of carboxylic acid groups (broad SMARTS) is 1. The van der Waals surface area contributed by atoms with Crippen LogP contribution in [0.4, 0.5) is 27.6 Å². The van der Waals surface area contributed by atoms with E-state index in [1.165, 1.54) is 4.57 Å². The first-order valence-electron chi connectivity index (χ1n) is 13.4. The van der Waals surface area contributed by atoms with Crippen LogP contribution in [0.25, 0.3) is 11.1 Å². The lowest BCUT2D eigenvalue weighted by molar-refractivity contribution is -0.139. The Labute approximate surface area is 243 Å². The maximum Gasteiger partial charge on any atom is 0.408 e. The van der Waals surface area contributed by atoms with E-state index in [1.54, 1.807) is 26.1 Å². The molecule has 1 amide bonds. The van der Waals surface area contributed by atoms with E-state index in [-0.39, 0.29) is 12.0 Å². The van der Waals surface area contributed by atoms with Gasteiger partial charge >= 0.3 is 12.1 Å². The van der Waals surface area contributed by atoms with Gasteiger partial charge in [-0.3, -0.25) is 9.59 Å². The first-order valence-corrected chi connectivity index (χ1v) is 13.4. The highest BCUT2D eigenvalue weighted by molar-refractivity contribution is 5.97. The third kappa shape index (κ3) is 6.50. The van der Waals surface area contributed by atoms with Crippen LogP contribution in [0.1, 0.15) is 46.1 Å². The number of aromatic nitrogens is 1. The summed E-state index contributed by atoms with van der Waals surface area (Å²) in [6.07, 6.45) is -3.85. The van der Waals surface area contributed by atoms with Gasteiger partial charge in [0, 0.05) is 30.4 Å². The number of carbonyl (C=O) groups excluding carboxylic acids is 1. The van der Waals surface area contributed by atoms with Gasteiger partial charge in [-0.15, -0.1) is 0 Å². The molecule has 1 aliphatic heterocycles. The van der Waals surface area contributed by atoms with E-state index < -0.39 is 53.0 Å². The molecule has 2 heterocycles. The van der Waals surface area contributed by atoms with Gasteiger partial charge in [0.15, 0.2) is 0 Å². The molecule has 0 unspecified atom stereocenters. The number of alkyl halides is 3. The number of ether oxygens (including phenoxy) is 1. The molecule has 0 radical (unpaired) electrons. The molecule has 0 saturated carbocycles. The molecule has 0 bridgehead atoms. The number of aliphatic carboxylic acids is 1. The number of anilines is 1. The third-order valence-electron chi connectivity index (χ3n) is 7.48. The number of carboxylic acids is 1. The summed E-state index contributed by atoms with van der Waals surface area (Å²) in [6.45, 7) is 4.75. The molecule has 1 aliphatic rings. The molecule has 3 aromatic rings. The van der Waals surface area contributed by atoms with Crippen molar-refractivity contribution in [2.45, 2.75) is 58.3 Å². The van der Waals surface area contributed by atoms with Gasteiger partial charge in [-0.05, 0) is 68.5 Å². The number of halogens is 5. The Morgan fingerprint density at radius 2 is 1.77 bits per heavy atom. The molecule has 2 aromatic carbocycles. The van der Waals surface area contributed by atoms with E-state index in [1.807, 2.05) is 18.3 Å². The van der Waals surface area contributed by atoms with E-state index in [2.05, 4.69) is 5.32 Å². The first kappa shape index (κ1) is 31.5. The number of rotatable bonds is 8. The molecule has 4 rings (SSSR count). The number of hydrogen-bond donors (Lipinski definition) is 3. The molecule has 0 fully saturated rings. The molecular weight excluding hydrogens is 577 g/mol. The van der Waals surface area contributed by atoms with E-state index in [0.717, 1.165) is 18.2 Å². The average molecular weight is 608 g/mol. The minimum Gasteiger partial charge on any atom is -0.493 e. The van der Waals surface area contributed by atoms with Crippen LogP contribution in [0.15, 0.2) is 35.1 Å². The smallest absolute Gasteiger partial charge is 0.408 e. The zero-order chi connectivity index (χ0) is 31.8. The zero-order valence-electron chi connectivity index (χ0n) is 23.8. The molecule has 3 N–H and O–H groups in total. The van der Waals surface area contributed by atoms with Crippen LogP contribution in [0.5, 0.6) is 5.75 Å². The van der Waals surface area contributed by atoms with Crippen molar-refractivity contribution in [1.82, 2.24) is 9.88 Å². The lowest BCUT2D eigenvalue weighted by Crippen LogP contribution is -2.43. The number of pyridine rings is 1. The van der Waals surface area contributed by atoms with Crippen molar-refractivity contribution >= 4 is 17.6 Å². The Hall–Kier alpha value is -4.42. The van der Waals surface area contributed by atoms with Crippen LogP contribution in [0, 0.1) is 25.5 Å². The van der Waals surface area contributed by atoms with Crippen molar-refractivity contribution in [3.8, 4) is 16.9 Å². The predicted molar refractivity (Wildman–Crippen MR) is 149 cm³/mol. The molecule has 43 heavy (non-hydrogen) atoms. The standard InChI is InChI=1S/C30H30F5N3O5/c1-14-10-15(2)38(4)28(40)24(14)20-8-7-17(19-6-5-9-43-26(19)20)11-23(29(41)42)37-27(39)25-21(31)12-18(13-22(25)32)36-16(3)30(33,34)35/h7-8,10,12-13,16,23,36H,5-6,9,11H2,1-4H3,(H,37,39)(H,41,42)/t16-,23+/m1/s1. The Kier molecular flexibility index (Phi) is 8.84. The molecule has 0 spiro atoms. The van der Waals surface area contributed by atoms with Gasteiger partial charge in [-0.25, -0.2) is 13.6 Å². The summed E-state index contributed by atoms with van der Waals surface area (Å²) in [7, 11) is 1.65. The number of hydrogen-bond acceptors (Lipinski definition) is 5. The van der Waals surface area contributed by atoms with Gasteiger partial charge in [0.25, 0.3) is 11.5 Å². The Morgan fingerprint density at radius 1 is 1.12 bits per heavy atom. The molecule has 8 nitrogen and oxygen atoms in total. The summed E-state index contributed by atoms with van der Waals surface area (Å²) in [5, 5.41) is 13.9. The SMILES string of the molecule is Cc1cc(C)n(C)c(=O)c1-c1ccc(C[C@H](NC(=O)c2c(F)cc(N[C@H](C)C(F)(F)F)cc2F)C(=O)O)c2c1OCCC2. The lowest BCUT2D eigenvalue weighted by Gasteiger charge is -2.25. The van der Waals surface area contributed by atoms with E-state index in [0.29, 0.717) is 59.6 Å². The first-order chi connectivity index (χ1) is 20.1. The molecule has 230 valence electrons. The second-order valence-corrected chi connectivity index (χ2v) is 10.5. The molecular formula is C30H30F5N3O5. The van der Waals surface area contributed by atoms with Gasteiger partial charge < -0.3 is 25.0 Å². The van der Waals surface area contributed by atoms with Crippen molar-refractivity contribution in [3.05, 3.63) is 80.3 Å². The molecule has 2 atom stereocenters. The number of aryl methyl sites for hydroxylation is 2. The average Bonchev–Trinajstić information content (AvgIpc) is 2.91. The fourth-order valence-electron chi connectivity index (χ4n) is 5.08. The maximum atomic E-state index is 14.7. The highest BCUT2D eigenvalue weighted by Gasteiger charge is 2.36. The van der Waals surface area contributed by atoms with Crippen molar-refractivity contribution < 1.29 is 41.4 Å². The fraction of sp³-hybridized carbons (Fsp3) is 0.367. The van der Waals surface area contributed by atoms with Crippen LogP contribution in [-0.4, -0.2) is 46.4 Å². The monoisotopic (exact) mass is 607 g/mol. The van der Waals surface area contributed by atoms with Gasteiger partial charge in [0.2, 0.25) is 0 Å². The van der Waals surface area contributed by atoms with Crippen LogP contribution in [0.2, 0.25) is 0 Å². The minimum absolute atomic E-state index is 0.226. The number of fused-ring (bicyclic) bond motifs is 1. The van der Waals surface area contributed by atoms with Crippen LogP contribution < -0.4 is 20.9 Å². The number of nitrogens with one attached hydrogen (secondary N) is 2.